The van der Waals surface area contributed by atoms with E-state index in [-0.39, 0.29) is 45.1 Å². The van der Waals surface area contributed by atoms with Crippen LogP contribution in [0.1, 0.15) is 0 Å². The molecule has 2 N–H and O–H groups in total. The Labute approximate surface area is 73.2 Å². The minimum Gasteiger partial charge on any atom is -0.870 e. The van der Waals surface area contributed by atoms with Crippen LogP contribution in [0.25, 0.3) is 0 Å². The van der Waals surface area contributed by atoms with Gasteiger partial charge >= 0.3 is 34.1 Å². The van der Waals surface area contributed by atoms with Crippen molar-refractivity contribution in [1.82, 2.24) is 0 Å². The summed E-state index contributed by atoms with van der Waals surface area (Å²) in [5, 5.41) is 0. The van der Waals surface area contributed by atoms with E-state index in [1.54, 1.807) is 0 Å². The van der Waals surface area contributed by atoms with Crippen molar-refractivity contribution in [1.29, 1.82) is 0 Å². The van der Waals surface area contributed by atoms with E-state index in [1.807, 2.05) is 0 Å². The zero-order valence-corrected chi connectivity index (χ0v) is 6.24. The summed E-state index contributed by atoms with van der Waals surface area (Å²) in [6.45, 7) is 0. The molecule has 66 valence electrons. The topological polar surface area (TPSA) is 140 Å². The second kappa shape index (κ2) is 11.6. The normalized spacial score (nSPS) is 6.44. The molecule has 0 spiro atoms. The van der Waals surface area contributed by atoms with Gasteiger partial charge in [-0.1, -0.05) is 0 Å². The molecule has 0 fully saturated rings. The Bertz CT molecular complexity index is 94.2. The van der Waals surface area contributed by atoms with Crippen LogP contribution < -0.4 is 0 Å². The molecule has 0 saturated carbocycles. The van der Waals surface area contributed by atoms with Gasteiger partial charge in [-0.3, -0.25) is 8.42 Å². The van der Waals surface area contributed by atoms with Crippen molar-refractivity contribution >= 4 is 10.4 Å². The number of hydrogen-bond acceptors (Lipinski definition) is 6. The summed E-state index contributed by atoms with van der Waals surface area (Å²) in [4.78, 5) is 0. The molecular weight excluding hydrogens is 255 g/mol. The number of hydrogen-bond donors (Lipinski definition) is 0. The molecule has 0 aromatic rings. The maximum absolute atomic E-state index is 8.52. The van der Waals surface area contributed by atoms with Gasteiger partial charge in [0.1, 0.15) is 0 Å². The van der Waals surface area contributed by atoms with Crippen LogP contribution >= 0.6 is 0 Å². The van der Waals surface area contributed by atoms with Crippen molar-refractivity contribution < 1.29 is 62.6 Å². The van der Waals surface area contributed by atoms with E-state index in [4.69, 9.17) is 17.5 Å². The van der Waals surface area contributed by atoms with Crippen molar-refractivity contribution in [2.45, 2.75) is 0 Å². The second-order valence-corrected chi connectivity index (χ2v) is 1.22. The Kier molecular flexibility index (Phi) is 42.4. The Morgan fingerprint density at radius 1 is 0.889 bits per heavy atom. The zero-order chi connectivity index (χ0) is 4.50. The summed E-state index contributed by atoms with van der Waals surface area (Å²) in [5.74, 6) is 0. The molecule has 0 aromatic carbocycles. The van der Waals surface area contributed by atoms with Crippen molar-refractivity contribution in [2.75, 3.05) is 0 Å². The summed E-state index contributed by atoms with van der Waals surface area (Å²) in [6.07, 6.45) is 0. The molecule has 9 heavy (non-hydrogen) atoms. The first kappa shape index (κ1) is 32.9. The molecule has 0 saturated heterocycles. The minimum atomic E-state index is -5.17. The Balaban J connectivity index is -0.0000000133. The van der Waals surface area contributed by atoms with Crippen LogP contribution in [0.5, 0.6) is 0 Å². The maximum Gasteiger partial charge on any atom is 2.00 e. The van der Waals surface area contributed by atoms with E-state index in [9.17, 15) is 0 Å². The summed E-state index contributed by atoms with van der Waals surface area (Å²) in [5.41, 5.74) is 0. The first-order chi connectivity index (χ1) is 2.00. The van der Waals surface area contributed by atoms with Gasteiger partial charge in [-0.2, -0.15) is 0 Å². The molecule has 0 amide bonds. The van der Waals surface area contributed by atoms with Gasteiger partial charge in [0, 0.05) is 10.4 Å². The third-order valence-electron chi connectivity index (χ3n) is 0. The van der Waals surface area contributed by atoms with Crippen LogP contribution in [0.15, 0.2) is 0 Å². The van der Waals surface area contributed by atoms with Gasteiger partial charge in [0.25, 0.3) is 0 Å². The van der Waals surface area contributed by atoms with Gasteiger partial charge in [0.2, 0.25) is 0 Å². The monoisotopic (exact) mass is 256 g/mol. The summed E-state index contributed by atoms with van der Waals surface area (Å²) < 4.78 is 34.1. The first-order valence-electron chi connectivity index (χ1n) is 0.667. The molecule has 0 unspecified atom stereocenters. The van der Waals surface area contributed by atoms with Crippen molar-refractivity contribution in [3.63, 3.8) is 0 Å². The molecule has 0 rings (SSSR count). The maximum atomic E-state index is 8.52. The van der Waals surface area contributed by atoms with E-state index in [1.165, 1.54) is 0 Å². The molecule has 6 nitrogen and oxygen atoms in total. The molecule has 0 atom stereocenters. The van der Waals surface area contributed by atoms with Gasteiger partial charge in [0.05, 0.1) is 0 Å². The van der Waals surface area contributed by atoms with Crippen LogP contribution in [-0.2, 0) is 44.5 Å². The zero-order valence-electron chi connectivity index (χ0n) is 3.54. The van der Waals surface area contributed by atoms with Crippen molar-refractivity contribution in [3.8, 4) is 0 Å². The molecular formula is H2Cu2O6S. The van der Waals surface area contributed by atoms with E-state index in [0.717, 1.165) is 0 Å². The fourth-order valence-electron chi connectivity index (χ4n) is 0. The minimum absolute atomic E-state index is 0. The quantitative estimate of drug-likeness (QED) is 0.288. The van der Waals surface area contributed by atoms with Gasteiger partial charge in [-0.15, -0.1) is 0 Å². The third kappa shape index (κ3) is 599. The van der Waals surface area contributed by atoms with Crippen LogP contribution in [0.3, 0.4) is 0 Å². The van der Waals surface area contributed by atoms with Gasteiger partial charge in [0.15, 0.2) is 0 Å². The summed E-state index contributed by atoms with van der Waals surface area (Å²) in [6, 6.07) is 0. The van der Waals surface area contributed by atoms with E-state index in [0.29, 0.717) is 0 Å². The van der Waals surface area contributed by atoms with Crippen LogP contribution in [0.2, 0.25) is 0 Å². The average Bonchev–Trinajstić information content (AvgIpc) is 0.722. The van der Waals surface area contributed by atoms with Crippen LogP contribution in [-0.4, -0.2) is 28.5 Å². The standard InChI is InChI=1S/2Cu.H2O4S.2H2O/c;;1-5(2,3)4;;/h;;(H2,1,2,3,4);2*1H2/q2*+2;;;/p-4. The SMILES string of the molecule is O=S(=O)([O-])[O-].[Cu+2].[Cu+2].[OH-].[OH-]. The van der Waals surface area contributed by atoms with E-state index >= 15 is 0 Å². The van der Waals surface area contributed by atoms with Gasteiger partial charge in [-0.05, 0) is 0 Å². The molecule has 0 aliphatic rings. The molecule has 0 bridgehead atoms. The van der Waals surface area contributed by atoms with Crippen molar-refractivity contribution in [3.05, 3.63) is 0 Å². The van der Waals surface area contributed by atoms with Crippen LogP contribution in [0, 0.1) is 0 Å². The fraction of sp³-hybridized carbons (Fsp3) is 0. The van der Waals surface area contributed by atoms with Gasteiger partial charge in [-0.25, -0.2) is 0 Å². The molecule has 0 aliphatic carbocycles. The largest absolute Gasteiger partial charge is 2.00 e. The van der Waals surface area contributed by atoms with Crippen LogP contribution in [0.4, 0.5) is 0 Å². The second-order valence-electron chi connectivity index (χ2n) is 0.408. The Morgan fingerprint density at radius 3 is 0.889 bits per heavy atom. The Hall–Kier alpha value is 0.829. The smallest absolute Gasteiger partial charge is 0.870 e. The molecule has 9 heteroatoms. The molecule has 0 aromatic heterocycles. The predicted octanol–water partition coefficient (Wildman–Crippen LogP) is -1.70. The van der Waals surface area contributed by atoms with Crippen molar-refractivity contribution in [2.24, 2.45) is 0 Å². The summed E-state index contributed by atoms with van der Waals surface area (Å²) >= 11 is 0. The average molecular weight is 257 g/mol. The summed E-state index contributed by atoms with van der Waals surface area (Å²) in [7, 11) is -5.17. The number of rotatable bonds is 0. The Morgan fingerprint density at radius 2 is 0.889 bits per heavy atom. The third-order valence-corrected chi connectivity index (χ3v) is 0. The predicted molar refractivity (Wildman–Crippen MR) is 14.3 cm³/mol. The molecule has 2 radical (unpaired) electrons. The molecule has 0 aliphatic heterocycles. The van der Waals surface area contributed by atoms with E-state index in [2.05, 4.69) is 0 Å². The molecule has 0 heterocycles. The first-order valence-corrected chi connectivity index (χ1v) is 2.00. The fourth-order valence-corrected chi connectivity index (χ4v) is 0. The van der Waals surface area contributed by atoms with Gasteiger partial charge < -0.3 is 20.1 Å². The van der Waals surface area contributed by atoms with E-state index < -0.39 is 10.4 Å².